The number of carbonyl (C=O) groups excluding carboxylic acids is 1. The van der Waals surface area contributed by atoms with Crippen LogP contribution in [0.25, 0.3) is 0 Å². The van der Waals surface area contributed by atoms with Crippen LogP contribution >= 0.6 is 12.2 Å². The Morgan fingerprint density at radius 2 is 2.24 bits per heavy atom. The van der Waals surface area contributed by atoms with Crippen molar-refractivity contribution in [3.05, 3.63) is 12.2 Å². The molecule has 4 heteroatoms. The molecule has 17 heavy (non-hydrogen) atoms. The van der Waals surface area contributed by atoms with Crippen molar-refractivity contribution in [2.24, 2.45) is 0 Å². The molecule has 0 aromatic heterocycles. The van der Waals surface area contributed by atoms with Gasteiger partial charge >= 0.3 is 5.97 Å². The van der Waals surface area contributed by atoms with E-state index in [1.165, 1.54) is 6.08 Å². The molecule has 96 valence electrons. The fourth-order valence-electron chi connectivity index (χ4n) is 1.69. The zero-order valence-electron chi connectivity index (χ0n) is 10.9. The van der Waals surface area contributed by atoms with Gasteiger partial charge in [-0.3, -0.25) is 0 Å². The number of esters is 1. The third-order valence-corrected chi connectivity index (χ3v) is 2.86. The van der Waals surface area contributed by atoms with Gasteiger partial charge < -0.3 is 9.64 Å². The first-order chi connectivity index (χ1) is 7.88. The van der Waals surface area contributed by atoms with E-state index in [9.17, 15) is 4.79 Å². The Bertz CT molecular complexity index is 318. The minimum Gasteiger partial charge on any atom is -0.457 e. The van der Waals surface area contributed by atoms with Gasteiger partial charge in [-0.2, -0.15) is 0 Å². The molecule has 1 rings (SSSR count). The van der Waals surface area contributed by atoms with Crippen LogP contribution in [0.5, 0.6) is 0 Å². The Hall–Kier alpha value is -0.900. The Morgan fingerprint density at radius 1 is 1.53 bits per heavy atom. The quantitative estimate of drug-likeness (QED) is 0.439. The third kappa shape index (κ3) is 5.82. The highest BCUT2D eigenvalue weighted by Gasteiger charge is 2.15. The summed E-state index contributed by atoms with van der Waals surface area (Å²) in [5.74, 6) is -0.276. The van der Waals surface area contributed by atoms with Gasteiger partial charge in [0.05, 0.1) is 4.99 Å². The summed E-state index contributed by atoms with van der Waals surface area (Å²) < 4.78 is 5.17. The van der Waals surface area contributed by atoms with Crippen LogP contribution < -0.4 is 0 Å². The van der Waals surface area contributed by atoms with Gasteiger partial charge in [0, 0.05) is 19.2 Å². The SMILES string of the molecule is CC(C)(C)OC(=O)/C=C/CCN1CCCC1=S. The molecule has 0 radical (unpaired) electrons. The molecule has 0 aliphatic carbocycles. The highest BCUT2D eigenvalue weighted by atomic mass is 32.1. The van der Waals surface area contributed by atoms with E-state index in [0.717, 1.165) is 37.3 Å². The van der Waals surface area contributed by atoms with Crippen molar-refractivity contribution in [1.29, 1.82) is 0 Å². The first kappa shape index (κ1) is 14.2. The smallest absolute Gasteiger partial charge is 0.330 e. The maximum Gasteiger partial charge on any atom is 0.330 e. The van der Waals surface area contributed by atoms with E-state index < -0.39 is 5.60 Å². The fraction of sp³-hybridized carbons (Fsp3) is 0.692. The van der Waals surface area contributed by atoms with Crippen molar-refractivity contribution in [2.75, 3.05) is 13.1 Å². The molecule has 1 fully saturated rings. The van der Waals surface area contributed by atoms with Crippen LogP contribution in [0, 0.1) is 0 Å². The van der Waals surface area contributed by atoms with Crippen LogP contribution in [0.2, 0.25) is 0 Å². The molecule has 0 aromatic rings. The minimum absolute atomic E-state index is 0.276. The van der Waals surface area contributed by atoms with Gasteiger partial charge in [0.25, 0.3) is 0 Å². The van der Waals surface area contributed by atoms with Gasteiger partial charge in [0.15, 0.2) is 0 Å². The average Bonchev–Trinajstić information content (AvgIpc) is 2.56. The zero-order chi connectivity index (χ0) is 12.9. The van der Waals surface area contributed by atoms with E-state index in [1.54, 1.807) is 0 Å². The molecule has 0 N–H and O–H groups in total. The van der Waals surface area contributed by atoms with E-state index in [0.29, 0.717) is 0 Å². The number of hydrogen-bond donors (Lipinski definition) is 0. The summed E-state index contributed by atoms with van der Waals surface area (Å²) in [5, 5.41) is 0. The molecule has 0 spiro atoms. The second-order valence-corrected chi connectivity index (χ2v) is 5.68. The Labute approximate surface area is 109 Å². The van der Waals surface area contributed by atoms with Gasteiger partial charge in [-0.05, 0) is 40.0 Å². The van der Waals surface area contributed by atoms with Crippen LogP contribution in [0.15, 0.2) is 12.2 Å². The summed E-state index contributed by atoms with van der Waals surface area (Å²) in [6.07, 6.45) is 6.39. The zero-order valence-corrected chi connectivity index (χ0v) is 11.7. The summed E-state index contributed by atoms with van der Waals surface area (Å²) in [4.78, 5) is 14.6. The predicted molar refractivity (Wildman–Crippen MR) is 73.0 cm³/mol. The molecule has 1 saturated heterocycles. The summed E-state index contributed by atoms with van der Waals surface area (Å²) in [7, 11) is 0. The summed E-state index contributed by atoms with van der Waals surface area (Å²) in [5.41, 5.74) is -0.419. The highest BCUT2D eigenvalue weighted by Crippen LogP contribution is 2.12. The van der Waals surface area contributed by atoms with Gasteiger partial charge in [0.2, 0.25) is 0 Å². The Morgan fingerprint density at radius 3 is 2.76 bits per heavy atom. The molecular formula is C13H21NO2S. The molecule has 0 unspecified atom stereocenters. The lowest BCUT2D eigenvalue weighted by Crippen LogP contribution is -2.24. The Kier molecular flexibility index (Phi) is 5.12. The van der Waals surface area contributed by atoms with Crippen LogP contribution in [0.3, 0.4) is 0 Å². The normalized spacial score (nSPS) is 16.9. The van der Waals surface area contributed by atoms with Gasteiger partial charge in [0.1, 0.15) is 5.60 Å². The number of ether oxygens (including phenoxy) is 1. The van der Waals surface area contributed by atoms with Crippen LogP contribution in [0.1, 0.15) is 40.0 Å². The van der Waals surface area contributed by atoms with Gasteiger partial charge in [-0.15, -0.1) is 0 Å². The first-order valence-corrected chi connectivity index (χ1v) is 6.46. The predicted octanol–water partition coefficient (Wildman–Crippen LogP) is 2.70. The maximum atomic E-state index is 11.4. The number of carbonyl (C=O) groups is 1. The second-order valence-electron chi connectivity index (χ2n) is 5.21. The largest absolute Gasteiger partial charge is 0.457 e. The molecule has 0 aromatic carbocycles. The van der Waals surface area contributed by atoms with Crippen molar-refractivity contribution in [3.8, 4) is 0 Å². The summed E-state index contributed by atoms with van der Waals surface area (Å²) in [6, 6.07) is 0. The monoisotopic (exact) mass is 255 g/mol. The lowest BCUT2D eigenvalue weighted by Gasteiger charge is -2.18. The molecule has 1 heterocycles. The molecule has 1 aliphatic rings. The fourth-order valence-corrected chi connectivity index (χ4v) is 2.01. The summed E-state index contributed by atoms with van der Waals surface area (Å²) >= 11 is 5.22. The second kappa shape index (κ2) is 6.15. The average molecular weight is 255 g/mol. The molecular weight excluding hydrogens is 234 g/mol. The molecule has 0 bridgehead atoms. The van der Waals surface area contributed by atoms with E-state index in [1.807, 2.05) is 26.8 Å². The maximum absolute atomic E-state index is 11.4. The standard InChI is InChI=1S/C13H21NO2S/c1-13(2,3)16-12(15)8-4-5-9-14-10-6-7-11(14)17/h4,8H,5-7,9-10H2,1-3H3/b8-4+. The number of likely N-dealkylation sites (tertiary alicyclic amines) is 1. The first-order valence-electron chi connectivity index (χ1n) is 6.06. The summed E-state index contributed by atoms with van der Waals surface area (Å²) in [6.45, 7) is 7.54. The Balaban J connectivity index is 2.21. The van der Waals surface area contributed by atoms with E-state index in [-0.39, 0.29) is 5.97 Å². The molecule has 0 atom stereocenters. The number of rotatable bonds is 4. The molecule has 1 aliphatic heterocycles. The van der Waals surface area contributed by atoms with E-state index in [2.05, 4.69) is 4.90 Å². The van der Waals surface area contributed by atoms with E-state index >= 15 is 0 Å². The number of thiocarbonyl (C=S) groups is 1. The number of nitrogens with zero attached hydrogens (tertiary/aromatic N) is 1. The molecule has 3 nitrogen and oxygen atoms in total. The van der Waals surface area contributed by atoms with Crippen LogP contribution in [-0.2, 0) is 9.53 Å². The van der Waals surface area contributed by atoms with Crippen molar-refractivity contribution in [1.82, 2.24) is 4.90 Å². The van der Waals surface area contributed by atoms with Crippen molar-refractivity contribution >= 4 is 23.2 Å². The van der Waals surface area contributed by atoms with Crippen molar-refractivity contribution < 1.29 is 9.53 Å². The van der Waals surface area contributed by atoms with Crippen LogP contribution in [-0.4, -0.2) is 34.5 Å². The van der Waals surface area contributed by atoms with Crippen LogP contribution in [0.4, 0.5) is 0 Å². The third-order valence-electron chi connectivity index (χ3n) is 2.40. The van der Waals surface area contributed by atoms with Crippen molar-refractivity contribution in [3.63, 3.8) is 0 Å². The molecule has 0 saturated carbocycles. The van der Waals surface area contributed by atoms with Crippen molar-refractivity contribution in [2.45, 2.75) is 45.6 Å². The topological polar surface area (TPSA) is 29.5 Å². The lowest BCUT2D eigenvalue weighted by atomic mass is 10.2. The van der Waals surface area contributed by atoms with Gasteiger partial charge in [-0.25, -0.2) is 4.79 Å². The lowest BCUT2D eigenvalue weighted by molar-refractivity contribution is -0.148. The minimum atomic E-state index is -0.419. The van der Waals surface area contributed by atoms with E-state index in [4.69, 9.17) is 17.0 Å². The number of hydrogen-bond acceptors (Lipinski definition) is 3. The molecule has 0 amide bonds. The highest BCUT2D eigenvalue weighted by molar-refractivity contribution is 7.80. The van der Waals surface area contributed by atoms with Gasteiger partial charge in [-0.1, -0.05) is 18.3 Å².